The Labute approximate surface area is 117 Å². The van der Waals surface area contributed by atoms with Gasteiger partial charge in [0.05, 0.1) is 5.92 Å². The van der Waals surface area contributed by atoms with Crippen LogP contribution in [0.4, 0.5) is 0 Å². The molecule has 4 nitrogen and oxygen atoms in total. The summed E-state index contributed by atoms with van der Waals surface area (Å²) in [6.07, 6.45) is 4.87. The molecule has 20 heavy (non-hydrogen) atoms. The minimum atomic E-state index is -0.405. The number of hydrogen-bond donors (Lipinski definition) is 2. The Morgan fingerprint density at radius 1 is 1.35 bits per heavy atom. The summed E-state index contributed by atoms with van der Waals surface area (Å²) >= 11 is 0. The molecule has 1 amide bonds. The maximum atomic E-state index is 11.9. The summed E-state index contributed by atoms with van der Waals surface area (Å²) in [5, 5.41) is 4.08. The first-order chi connectivity index (χ1) is 9.75. The predicted molar refractivity (Wildman–Crippen MR) is 77.4 cm³/mol. The molecule has 1 fully saturated rings. The highest BCUT2D eigenvalue weighted by Crippen LogP contribution is 2.21. The van der Waals surface area contributed by atoms with Crippen molar-refractivity contribution in [3.8, 4) is 0 Å². The number of benzene rings is 1. The summed E-state index contributed by atoms with van der Waals surface area (Å²) in [5.41, 5.74) is 2.30. The largest absolute Gasteiger partial charge is 0.361 e. The quantitative estimate of drug-likeness (QED) is 0.837. The first kappa shape index (κ1) is 12.9. The Morgan fingerprint density at radius 2 is 2.20 bits per heavy atom. The molecule has 1 aliphatic carbocycles. The minimum absolute atomic E-state index is 0.0922. The monoisotopic (exact) mass is 270 g/mol. The first-order valence-corrected chi connectivity index (χ1v) is 7.11. The Morgan fingerprint density at radius 3 is 3.00 bits per heavy atom. The van der Waals surface area contributed by atoms with Crippen LogP contribution < -0.4 is 5.32 Å². The van der Waals surface area contributed by atoms with Crippen molar-refractivity contribution >= 4 is 22.6 Å². The second kappa shape index (κ2) is 5.49. The number of ketones is 1. The highest BCUT2D eigenvalue weighted by molar-refractivity contribution is 6.02. The average Bonchev–Trinajstić information content (AvgIpc) is 3.05. The lowest BCUT2D eigenvalue weighted by molar-refractivity contribution is -0.132. The smallest absolute Gasteiger partial charge is 0.230 e. The molecule has 1 aliphatic rings. The van der Waals surface area contributed by atoms with Crippen LogP contribution in [0, 0.1) is 5.92 Å². The van der Waals surface area contributed by atoms with Gasteiger partial charge in [0.2, 0.25) is 5.91 Å². The fourth-order valence-electron chi connectivity index (χ4n) is 2.87. The maximum absolute atomic E-state index is 11.9. The Bertz CT molecular complexity index is 645. The number of carbonyl (C=O) groups excluding carboxylic acids is 2. The van der Waals surface area contributed by atoms with Crippen molar-refractivity contribution in [3.05, 3.63) is 36.0 Å². The van der Waals surface area contributed by atoms with Crippen molar-refractivity contribution in [2.24, 2.45) is 5.92 Å². The van der Waals surface area contributed by atoms with E-state index in [0.29, 0.717) is 19.4 Å². The van der Waals surface area contributed by atoms with Crippen LogP contribution in [0.15, 0.2) is 30.5 Å². The molecule has 0 saturated heterocycles. The predicted octanol–water partition coefficient (Wildman–Crippen LogP) is 2.20. The second-order valence-electron chi connectivity index (χ2n) is 5.31. The molecule has 2 N–H and O–H groups in total. The van der Waals surface area contributed by atoms with Crippen molar-refractivity contribution in [3.63, 3.8) is 0 Å². The summed E-state index contributed by atoms with van der Waals surface area (Å²) in [6, 6.07) is 8.11. The standard InChI is InChI=1S/C16H18N2O2/c19-15-7-3-5-13(15)16(20)17-9-8-11-10-18-14-6-2-1-4-12(11)14/h1-2,4,6,10,13,18H,3,5,7-9H2,(H,17,20). The molecule has 1 unspecified atom stereocenters. The van der Waals surface area contributed by atoms with Gasteiger partial charge in [-0.15, -0.1) is 0 Å². The van der Waals surface area contributed by atoms with Crippen LogP contribution in [0.2, 0.25) is 0 Å². The van der Waals surface area contributed by atoms with E-state index in [0.717, 1.165) is 18.4 Å². The number of rotatable bonds is 4. The van der Waals surface area contributed by atoms with Gasteiger partial charge in [-0.2, -0.15) is 0 Å². The van der Waals surface area contributed by atoms with Crippen LogP contribution >= 0.6 is 0 Å². The van der Waals surface area contributed by atoms with Crippen LogP contribution in [-0.4, -0.2) is 23.2 Å². The summed E-state index contributed by atoms with van der Waals surface area (Å²) < 4.78 is 0. The Balaban J connectivity index is 1.57. The average molecular weight is 270 g/mol. The molecule has 3 rings (SSSR count). The molecule has 1 aromatic carbocycles. The third-order valence-corrected chi connectivity index (χ3v) is 3.99. The van der Waals surface area contributed by atoms with E-state index in [1.807, 2.05) is 24.4 Å². The number of hydrogen-bond acceptors (Lipinski definition) is 2. The molecule has 0 radical (unpaired) electrons. The molecular formula is C16H18N2O2. The number of fused-ring (bicyclic) bond motifs is 1. The van der Waals surface area contributed by atoms with Gasteiger partial charge >= 0.3 is 0 Å². The van der Waals surface area contributed by atoms with Gasteiger partial charge in [-0.1, -0.05) is 18.2 Å². The molecular weight excluding hydrogens is 252 g/mol. The minimum Gasteiger partial charge on any atom is -0.361 e. The molecule has 1 aromatic heterocycles. The highest BCUT2D eigenvalue weighted by Gasteiger charge is 2.30. The van der Waals surface area contributed by atoms with E-state index in [1.54, 1.807) is 0 Å². The van der Waals surface area contributed by atoms with Crippen molar-refractivity contribution in [1.82, 2.24) is 10.3 Å². The zero-order valence-electron chi connectivity index (χ0n) is 11.3. The molecule has 0 aliphatic heterocycles. The molecule has 1 heterocycles. The Hall–Kier alpha value is -2.10. The van der Waals surface area contributed by atoms with Crippen LogP contribution in [0.3, 0.4) is 0 Å². The number of aromatic nitrogens is 1. The highest BCUT2D eigenvalue weighted by atomic mass is 16.2. The number of nitrogens with one attached hydrogen (secondary N) is 2. The number of aromatic amines is 1. The van der Waals surface area contributed by atoms with Crippen LogP contribution in [0.5, 0.6) is 0 Å². The number of amides is 1. The molecule has 104 valence electrons. The third-order valence-electron chi connectivity index (χ3n) is 3.99. The normalized spacial score (nSPS) is 18.6. The summed E-state index contributed by atoms with van der Waals surface area (Å²) in [5.74, 6) is -0.417. The topological polar surface area (TPSA) is 62.0 Å². The SMILES string of the molecule is O=C1CCCC1C(=O)NCCc1c[nH]c2ccccc12. The van der Waals surface area contributed by atoms with E-state index < -0.39 is 5.92 Å². The van der Waals surface area contributed by atoms with Gasteiger partial charge in [0.25, 0.3) is 0 Å². The lowest BCUT2D eigenvalue weighted by Gasteiger charge is -2.09. The van der Waals surface area contributed by atoms with Gasteiger partial charge < -0.3 is 10.3 Å². The third kappa shape index (κ3) is 2.46. The zero-order valence-corrected chi connectivity index (χ0v) is 11.3. The van der Waals surface area contributed by atoms with E-state index in [-0.39, 0.29) is 11.7 Å². The van der Waals surface area contributed by atoms with Gasteiger partial charge in [0.1, 0.15) is 5.78 Å². The van der Waals surface area contributed by atoms with Crippen LogP contribution in [0.1, 0.15) is 24.8 Å². The van der Waals surface area contributed by atoms with Crippen molar-refractivity contribution in [1.29, 1.82) is 0 Å². The molecule has 1 atom stereocenters. The number of para-hydroxylation sites is 1. The van der Waals surface area contributed by atoms with Crippen LogP contribution in [0.25, 0.3) is 10.9 Å². The number of H-pyrrole nitrogens is 1. The zero-order chi connectivity index (χ0) is 13.9. The lowest BCUT2D eigenvalue weighted by atomic mass is 10.1. The molecule has 2 aromatic rings. The van der Waals surface area contributed by atoms with E-state index in [4.69, 9.17) is 0 Å². The number of Topliss-reactive ketones (excluding diaryl/α,β-unsaturated/α-hetero) is 1. The second-order valence-corrected chi connectivity index (χ2v) is 5.31. The van der Waals surface area contributed by atoms with Crippen LogP contribution in [-0.2, 0) is 16.0 Å². The fourth-order valence-corrected chi connectivity index (χ4v) is 2.87. The maximum Gasteiger partial charge on any atom is 0.230 e. The van der Waals surface area contributed by atoms with Crippen molar-refractivity contribution in [2.45, 2.75) is 25.7 Å². The number of carbonyl (C=O) groups is 2. The molecule has 0 spiro atoms. The van der Waals surface area contributed by atoms with Gasteiger partial charge in [0, 0.05) is 30.1 Å². The van der Waals surface area contributed by atoms with Crippen molar-refractivity contribution in [2.75, 3.05) is 6.54 Å². The molecule has 1 saturated carbocycles. The van der Waals surface area contributed by atoms with Gasteiger partial charge in [-0.05, 0) is 30.9 Å². The summed E-state index contributed by atoms with van der Waals surface area (Å²) in [4.78, 5) is 26.6. The lowest BCUT2D eigenvalue weighted by Crippen LogP contribution is -2.34. The fraction of sp³-hybridized carbons (Fsp3) is 0.375. The van der Waals surface area contributed by atoms with E-state index in [1.165, 1.54) is 10.9 Å². The van der Waals surface area contributed by atoms with Gasteiger partial charge in [-0.25, -0.2) is 0 Å². The van der Waals surface area contributed by atoms with Gasteiger partial charge in [0.15, 0.2) is 0 Å². The summed E-state index contributed by atoms with van der Waals surface area (Å²) in [6.45, 7) is 0.574. The van der Waals surface area contributed by atoms with Crippen molar-refractivity contribution < 1.29 is 9.59 Å². The Kier molecular flexibility index (Phi) is 3.54. The van der Waals surface area contributed by atoms with Gasteiger partial charge in [-0.3, -0.25) is 9.59 Å². The first-order valence-electron chi connectivity index (χ1n) is 7.11. The molecule has 0 bridgehead atoms. The van der Waals surface area contributed by atoms with E-state index in [2.05, 4.69) is 16.4 Å². The van der Waals surface area contributed by atoms with E-state index >= 15 is 0 Å². The molecule has 4 heteroatoms. The van der Waals surface area contributed by atoms with E-state index in [9.17, 15) is 9.59 Å². The summed E-state index contributed by atoms with van der Waals surface area (Å²) in [7, 11) is 0.